The molecule has 0 aromatic rings. The molecule has 0 aliphatic rings. The summed E-state index contributed by atoms with van der Waals surface area (Å²) in [5, 5.41) is 26.6. The van der Waals surface area contributed by atoms with Gasteiger partial charge in [-0.2, -0.15) is 0 Å². The summed E-state index contributed by atoms with van der Waals surface area (Å²) >= 11 is 0. The summed E-state index contributed by atoms with van der Waals surface area (Å²) in [5.41, 5.74) is 0.149. The van der Waals surface area contributed by atoms with E-state index in [1.807, 2.05) is 0 Å². The highest BCUT2D eigenvalue weighted by atomic mass is 16.4. The molecule has 0 spiro atoms. The molecule has 13 heavy (non-hydrogen) atoms. The van der Waals surface area contributed by atoms with Crippen LogP contribution in [0.25, 0.3) is 0 Å². The van der Waals surface area contributed by atoms with Gasteiger partial charge in [0, 0.05) is 12.0 Å². The SMILES string of the molecule is CC(O)CC=C(CC(C)O)C(=O)O. The van der Waals surface area contributed by atoms with Crippen molar-refractivity contribution in [2.24, 2.45) is 0 Å². The lowest BCUT2D eigenvalue weighted by atomic mass is 10.1. The highest BCUT2D eigenvalue weighted by Crippen LogP contribution is 2.08. The zero-order chi connectivity index (χ0) is 10.4. The Hall–Kier alpha value is -0.870. The van der Waals surface area contributed by atoms with Gasteiger partial charge < -0.3 is 15.3 Å². The third kappa shape index (κ3) is 6.31. The number of aliphatic hydroxyl groups is 2. The highest BCUT2D eigenvalue weighted by Gasteiger charge is 2.10. The first-order valence-corrected chi connectivity index (χ1v) is 4.22. The first-order valence-electron chi connectivity index (χ1n) is 4.22. The molecule has 0 amide bonds. The van der Waals surface area contributed by atoms with Crippen molar-refractivity contribution in [3.05, 3.63) is 11.6 Å². The Morgan fingerprint density at radius 3 is 2.15 bits per heavy atom. The van der Waals surface area contributed by atoms with Crippen molar-refractivity contribution in [1.82, 2.24) is 0 Å². The van der Waals surface area contributed by atoms with Crippen LogP contribution in [0.4, 0.5) is 0 Å². The molecule has 2 atom stereocenters. The fraction of sp³-hybridized carbons (Fsp3) is 0.667. The molecule has 4 nitrogen and oxygen atoms in total. The van der Waals surface area contributed by atoms with E-state index in [0.29, 0.717) is 6.42 Å². The molecule has 4 heteroatoms. The first kappa shape index (κ1) is 12.1. The van der Waals surface area contributed by atoms with Crippen LogP contribution in [0.1, 0.15) is 26.7 Å². The monoisotopic (exact) mass is 188 g/mol. The predicted octanol–water partition coefficient (Wildman–Crippen LogP) is 0.539. The number of carboxylic acids is 1. The van der Waals surface area contributed by atoms with E-state index in [0.717, 1.165) is 0 Å². The third-order valence-corrected chi connectivity index (χ3v) is 1.50. The van der Waals surface area contributed by atoms with Gasteiger partial charge in [0.05, 0.1) is 12.2 Å². The molecule has 0 saturated heterocycles. The van der Waals surface area contributed by atoms with Crippen LogP contribution in [-0.4, -0.2) is 33.5 Å². The molecule has 3 N–H and O–H groups in total. The van der Waals surface area contributed by atoms with E-state index >= 15 is 0 Å². The second-order valence-corrected chi connectivity index (χ2v) is 3.17. The number of hydrogen-bond acceptors (Lipinski definition) is 3. The Kier molecular flexibility index (Phi) is 5.34. The summed E-state index contributed by atoms with van der Waals surface area (Å²) in [7, 11) is 0. The normalized spacial score (nSPS) is 16.8. The van der Waals surface area contributed by atoms with Crippen molar-refractivity contribution in [2.75, 3.05) is 0 Å². The Bertz CT molecular complexity index is 194. The average Bonchev–Trinajstić information content (AvgIpc) is 1.96. The molecule has 0 aliphatic carbocycles. The molecule has 0 radical (unpaired) electrons. The van der Waals surface area contributed by atoms with Gasteiger partial charge in [-0.25, -0.2) is 4.79 Å². The minimum Gasteiger partial charge on any atom is -0.478 e. The second-order valence-electron chi connectivity index (χ2n) is 3.17. The Morgan fingerprint density at radius 1 is 1.31 bits per heavy atom. The quantitative estimate of drug-likeness (QED) is 0.550. The molecular weight excluding hydrogens is 172 g/mol. The van der Waals surface area contributed by atoms with Gasteiger partial charge in [-0.3, -0.25) is 0 Å². The summed E-state index contributed by atoms with van der Waals surface area (Å²) in [5.74, 6) is -1.04. The largest absolute Gasteiger partial charge is 0.478 e. The average molecular weight is 188 g/mol. The van der Waals surface area contributed by atoms with Crippen molar-refractivity contribution >= 4 is 5.97 Å². The van der Waals surface area contributed by atoms with Gasteiger partial charge in [0.2, 0.25) is 0 Å². The van der Waals surface area contributed by atoms with E-state index in [1.165, 1.54) is 13.0 Å². The number of hydrogen-bond donors (Lipinski definition) is 3. The Morgan fingerprint density at radius 2 is 1.85 bits per heavy atom. The van der Waals surface area contributed by atoms with Crippen molar-refractivity contribution in [2.45, 2.75) is 38.9 Å². The van der Waals surface area contributed by atoms with Gasteiger partial charge in [-0.1, -0.05) is 6.08 Å². The third-order valence-electron chi connectivity index (χ3n) is 1.50. The van der Waals surface area contributed by atoms with Crippen molar-refractivity contribution in [3.63, 3.8) is 0 Å². The lowest BCUT2D eigenvalue weighted by Crippen LogP contribution is -2.10. The summed E-state index contributed by atoms with van der Waals surface area (Å²) < 4.78 is 0. The van der Waals surface area contributed by atoms with E-state index in [9.17, 15) is 4.79 Å². The molecular formula is C9H16O4. The van der Waals surface area contributed by atoms with Crippen LogP contribution < -0.4 is 0 Å². The van der Waals surface area contributed by atoms with Gasteiger partial charge >= 0.3 is 5.97 Å². The Labute approximate surface area is 77.5 Å². The highest BCUT2D eigenvalue weighted by molar-refractivity contribution is 5.86. The molecule has 2 unspecified atom stereocenters. The molecule has 0 aromatic heterocycles. The number of aliphatic hydroxyl groups excluding tert-OH is 2. The van der Waals surface area contributed by atoms with E-state index in [1.54, 1.807) is 6.92 Å². The van der Waals surface area contributed by atoms with Crippen LogP contribution in [-0.2, 0) is 4.79 Å². The van der Waals surface area contributed by atoms with Crippen LogP contribution in [0.5, 0.6) is 0 Å². The lowest BCUT2D eigenvalue weighted by Gasteiger charge is -2.05. The summed E-state index contributed by atoms with van der Waals surface area (Å²) in [6.07, 6.45) is 0.635. The van der Waals surface area contributed by atoms with E-state index < -0.39 is 18.2 Å². The van der Waals surface area contributed by atoms with E-state index in [4.69, 9.17) is 15.3 Å². The summed E-state index contributed by atoms with van der Waals surface area (Å²) in [4.78, 5) is 10.6. The molecule has 0 aliphatic heterocycles. The van der Waals surface area contributed by atoms with Gasteiger partial charge in [-0.15, -0.1) is 0 Å². The number of rotatable bonds is 5. The number of aliphatic carboxylic acids is 1. The summed E-state index contributed by atoms with van der Waals surface area (Å²) in [6.45, 7) is 3.11. The lowest BCUT2D eigenvalue weighted by molar-refractivity contribution is -0.133. The molecule has 0 heterocycles. The van der Waals surface area contributed by atoms with Crippen molar-refractivity contribution in [1.29, 1.82) is 0 Å². The maximum Gasteiger partial charge on any atom is 0.331 e. The topological polar surface area (TPSA) is 77.8 Å². The molecule has 0 rings (SSSR count). The molecule has 0 bridgehead atoms. The minimum absolute atomic E-state index is 0.113. The van der Waals surface area contributed by atoms with Crippen LogP contribution in [0.2, 0.25) is 0 Å². The van der Waals surface area contributed by atoms with Crippen LogP contribution in [0, 0.1) is 0 Å². The smallest absolute Gasteiger partial charge is 0.331 e. The fourth-order valence-corrected chi connectivity index (χ4v) is 0.889. The van der Waals surface area contributed by atoms with Gasteiger partial charge in [-0.05, 0) is 20.3 Å². The first-order chi connectivity index (χ1) is 5.93. The zero-order valence-corrected chi connectivity index (χ0v) is 7.90. The van der Waals surface area contributed by atoms with Crippen molar-refractivity contribution < 1.29 is 20.1 Å². The van der Waals surface area contributed by atoms with Gasteiger partial charge in [0.1, 0.15) is 0 Å². The zero-order valence-electron chi connectivity index (χ0n) is 7.90. The molecule has 0 aromatic carbocycles. The van der Waals surface area contributed by atoms with Crippen LogP contribution in [0.15, 0.2) is 11.6 Å². The Balaban J connectivity index is 4.24. The molecule has 0 fully saturated rings. The summed E-state index contributed by atoms with van der Waals surface area (Å²) in [6, 6.07) is 0. The molecule has 76 valence electrons. The van der Waals surface area contributed by atoms with Gasteiger partial charge in [0.15, 0.2) is 0 Å². The molecule has 0 saturated carbocycles. The second kappa shape index (κ2) is 5.72. The van der Waals surface area contributed by atoms with Crippen LogP contribution in [0.3, 0.4) is 0 Å². The number of carboxylic acid groups (broad SMARTS) is 1. The number of carbonyl (C=O) groups is 1. The predicted molar refractivity (Wildman–Crippen MR) is 48.3 cm³/mol. The minimum atomic E-state index is -1.04. The van der Waals surface area contributed by atoms with E-state index in [2.05, 4.69) is 0 Å². The van der Waals surface area contributed by atoms with Crippen molar-refractivity contribution in [3.8, 4) is 0 Å². The van der Waals surface area contributed by atoms with Gasteiger partial charge in [0.25, 0.3) is 0 Å². The van der Waals surface area contributed by atoms with Crippen LogP contribution >= 0.6 is 0 Å². The van der Waals surface area contributed by atoms with E-state index in [-0.39, 0.29) is 12.0 Å². The maximum atomic E-state index is 10.6. The standard InChI is InChI=1S/C9H16O4/c1-6(10)3-4-8(9(12)13)5-7(2)11/h4,6-7,10-11H,3,5H2,1-2H3,(H,12,13). The maximum absolute atomic E-state index is 10.6. The fourth-order valence-electron chi connectivity index (χ4n) is 0.889.